The van der Waals surface area contributed by atoms with Gasteiger partial charge in [-0.25, -0.2) is 4.98 Å². The number of imidazole rings is 1. The van der Waals surface area contributed by atoms with Gasteiger partial charge in [0.15, 0.2) is 0 Å². The molecular formula is C13H13N3S. The van der Waals surface area contributed by atoms with Gasteiger partial charge in [0.2, 0.25) is 0 Å². The number of fused-ring (bicyclic) bond motifs is 1. The van der Waals surface area contributed by atoms with Gasteiger partial charge in [0.05, 0.1) is 16.3 Å². The van der Waals surface area contributed by atoms with Crippen molar-refractivity contribution in [3.8, 4) is 6.07 Å². The maximum absolute atomic E-state index is 9.05. The average molecular weight is 243 g/mol. The molecule has 3 nitrogen and oxygen atoms in total. The topological polar surface area (TPSA) is 52.5 Å². The smallest absolute Gasteiger partial charge is 0.120 e. The van der Waals surface area contributed by atoms with Crippen LogP contribution in [0.15, 0.2) is 18.2 Å². The number of rotatable bonds is 1. The largest absolute Gasteiger partial charge is 0.341 e. The van der Waals surface area contributed by atoms with E-state index in [9.17, 15) is 0 Å². The molecule has 1 unspecified atom stereocenters. The molecule has 1 aromatic heterocycles. The van der Waals surface area contributed by atoms with Crippen molar-refractivity contribution in [1.29, 1.82) is 5.26 Å². The Balaban J connectivity index is 2.04. The molecule has 2 aromatic rings. The van der Waals surface area contributed by atoms with E-state index < -0.39 is 0 Å². The third-order valence-corrected chi connectivity index (χ3v) is 4.52. The zero-order chi connectivity index (χ0) is 11.7. The Morgan fingerprint density at radius 2 is 2.35 bits per heavy atom. The van der Waals surface area contributed by atoms with Crippen LogP contribution in [0.4, 0.5) is 0 Å². The lowest BCUT2D eigenvalue weighted by molar-refractivity contribution is 0.668. The number of nitriles is 1. The Hall–Kier alpha value is -1.47. The number of hydrogen-bond acceptors (Lipinski definition) is 3. The van der Waals surface area contributed by atoms with Crippen LogP contribution in [-0.4, -0.2) is 15.7 Å². The van der Waals surface area contributed by atoms with Gasteiger partial charge in [0.1, 0.15) is 17.4 Å². The molecule has 0 amide bonds. The van der Waals surface area contributed by atoms with Crippen LogP contribution in [-0.2, 0) is 0 Å². The van der Waals surface area contributed by atoms with Crippen LogP contribution >= 0.6 is 11.8 Å². The van der Waals surface area contributed by atoms with Crippen molar-refractivity contribution in [2.45, 2.75) is 24.5 Å². The van der Waals surface area contributed by atoms with Crippen molar-refractivity contribution in [2.24, 2.45) is 0 Å². The lowest BCUT2D eigenvalue weighted by Gasteiger charge is -2.18. The van der Waals surface area contributed by atoms with Crippen LogP contribution in [0.5, 0.6) is 0 Å². The van der Waals surface area contributed by atoms with Gasteiger partial charge in [-0.15, -0.1) is 0 Å². The molecule has 1 saturated heterocycles. The van der Waals surface area contributed by atoms with E-state index in [-0.39, 0.29) is 0 Å². The summed E-state index contributed by atoms with van der Waals surface area (Å²) in [5.41, 5.74) is 2.45. The van der Waals surface area contributed by atoms with Crippen molar-refractivity contribution in [3.63, 3.8) is 0 Å². The minimum atomic E-state index is 0.475. The third-order valence-electron chi connectivity index (χ3n) is 3.14. The van der Waals surface area contributed by atoms with Crippen molar-refractivity contribution >= 4 is 22.8 Å². The molecule has 86 valence electrons. The summed E-state index contributed by atoms with van der Waals surface area (Å²) >= 11 is 1.97. The molecule has 2 heterocycles. The minimum Gasteiger partial charge on any atom is -0.341 e. The highest BCUT2D eigenvalue weighted by atomic mass is 32.2. The summed E-state index contributed by atoms with van der Waals surface area (Å²) in [7, 11) is 0. The fourth-order valence-corrected chi connectivity index (χ4v) is 3.51. The normalized spacial score (nSPS) is 20.3. The van der Waals surface area contributed by atoms with E-state index in [2.05, 4.69) is 16.0 Å². The van der Waals surface area contributed by atoms with Crippen molar-refractivity contribution in [3.05, 3.63) is 29.6 Å². The maximum Gasteiger partial charge on any atom is 0.120 e. The van der Waals surface area contributed by atoms with Crippen molar-refractivity contribution in [2.75, 3.05) is 5.75 Å². The molecule has 1 atom stereocenters. The zero-order valence-corrected chi connectivity index (χ0v) is 10.3. The first-order chi connectivity index (χ1) is 8.38. The lowest BCUT2D eigenvalue weighted by atomic mass is 10.2. The van der Waals surface area contributed by atoms with Gasteiger partial charge in [0.25, 0.3) is 0 Å². The number of para-hydroxylation sites is 1. The number of hydrogen-bond donors (Lipinski definition) is 1. The fraction of sp³-hybridized carbons (Fsp3) is 0.385. The maximum atomic E-state index is 9.05. The van der Waals surface area contributed by atoms with Gasteiger partial charge in [0, 0.05) is 0 Å². The molecule has 0 radical (unpaired) electrons. The Labute approximate surface area is 104 Å². The summed E-state index contributed by atoms with van der Waals surface area (Å²) in [6.07, 6.45) is 3.77. The molecule has 1 aliphatic rings. The molecule has 3 rings (SSSR count). The van der Waals surface area contributed by atoms with Gasteiger partial charge < -0.3 is 4.98 Å². The molecule has 0 aliphatic carbocycles. The van der Waals surface area contributed by atoms with E-state index >= 15 is 0 Å². The molecule has 4 heteroatoms. The summed E-state index contributed by atoms with van der Waals surface area (Å²) in [6, 6.07) is 7.90. The average Bonchev–Trinajstić information content (AvgIpc) is 2.83. The zero-order valence-electron chi connectivity index (χ0n) is 9.44. The summed E-state index contributed by atoms with van der Waals surface area (Å²) in [5, 5.41) is 9.52. The quantitative estimate of drug-likeness (QED) is 0.835. The van der Waals surface area contributed by atoms with E-state index in [0.717, 1.165) is 16.9 Å². The van der Waals surface area contributed by atoms with Crippen LogP contribution in [0.1, 0.15) is 35.9 Å². The molecule has 0 bridgehead atoms. The predicted octanol–water partition coefficient (Wildman–Crippen LogP) is 3.39. The Bertz CT molecular complexity index is 576. The second kappa shape index (κ2) is 4.42. The minimum absolute atomic E-state index is 0.475. The molecule has 1 fully saturated rings. The molecule has 0 saturated carbocycles. The number of nitrogens with one attached hydrogen (secondary N) is 1. The summed E-state index contributed by atoms with van der Waals surface area (Å²) < 4.78 is 0. The summed E-state index contributed by atoms with van der Waals surface area (Å²) in [5.74, 6) is 2.25. The number of benzene rings is 1. The highest BCUT2D eigenvalue weighted by Gasteiger charge is 2.19. The highest BCUT2D eigenvalue weighted by Crippen LogP contribution is 2.37. The number of nitrogens with zero attached hydrogens (tertiary/aromatic N) is 2. The van der Waals surface area contributed by atoms with Crippen LogP contribution in [0, 0.1) is 11.3 Å². The molecule has 1 aliphatic heterocycles. The fourth-order valence-electron chi connectivity index (χ4n) is 2.25. The molecular weight excluding hydrogens is 230 g/mol. The number of aromatic nitrogens is 2. The van der Waals surface area contributed by atoms with E-state index in [4.69, 9.17) is 5.26 Å². The van der Waals surface area contributed by atoms with Gasteiger partial charge in [-0.3, -0.25) is 0 Å². The SMILES string of the molecule is N#Cc1cccc2[nH]c(C3CCCCS3)nc12. The monoisotopic (exact) mass is 243 g/mol. The molecule has 1 N–H and O–H groups in total. The first-order valence-corrected chi connectivity index (χ1v) is 6.93. The van der Waals surface area contributed by atoms with E-state index in [1.807, 2.05) is 30.0 Å². The van der Waals surface area contributed by atoms with Gasteiger partial charge in [-0.2, -0.15) is 17.0 Å². The number of thioether (sulfide) groups is 1. The standard InChI is InChI=1S/C13H13N3S/c14-8-9-4-3-5-10-12(9)16-13(15-10)11-6-1-2-7-17-11/h3-5,11H,1-2,6-7H2,(H,15,16). The van der Waals surface area contributed by atoms with E-state index in [1.54, 1.807) is 0 Å². The Morgan fingerprint density at radius 3 is 3.12 bits per heavy atom. The second-order valence-corrected chi connectivity index (χ2v) is 5.60. The number of H-pyrrole nitrogens is 1. The van der Waals surface area contributed by atoms with Crippen LogP contribution in [0.2, 0.25) is 0 Å². The van der Waals surface area contributed by atoms with Crippen molar-refractivity contribution < 1.29 is 0 Å². The number of aromatic amines is 1. The third kappa shape index (κ3) is 1.91. The first-order valence-electron chi connectivity index (χ1n) is 5.89. The van der Waals surface area contributed by atoms with Gasteiger partial charge >= 0.3 is 0 Å². The van der Waals surface area contributed by atoms with Crippen LogP contribution < -0.4 is 0 Å². The van der Waals surface area contributed by atoms with Gasteiger partial charge in [-0.05, 0) is 30.7 Å². The highest BCUT2D eigenvalue weighted by molar-refractivity contribution is 7.99. The summed E-state index contributed by atoms with van der Waals surface area (Å²) in [4.78, 5) is 7.97. The Morgan fingerprint density at radius 1 is 1.41 bits per heavy atom. The second-order valence-electron chi connectivity index (χ2n) is 4.29. The molecule has 17 heavy (non-hydrogen) atoms. The summed E-state index contributed by atoms with van der Waals surface area (Å²) in [6.45, 7) is 0. The van der Waals surface area contributed by atoms with Crippen molar-refractivity contribution in [1.82, 2.24) is 9.97 Å². The molecule has 0 spiro atoms. The van der Waals surface area contributed by atoms with Crippen LogP contribution in [0.25, 0.3) is 11.0 Å². The molecule has 1 aromatic carbocycles. The first kappa shape index (κ1) is 10.7. The Kier molecular flexibility index (Phi) is 2.77. The predicted molar refractivity (Wildman–Crippen MR) is 69.9 cm³/mol. The van der Waals surface area contributed by atoms with Crippen LogP contribution in [0.3, 0.4) is 0 Å². The lowest BCUT2D eigenvalue weighted by Crippen LogP contribution is -2.03. The van der Waals surface area contributed by atoms with Gasteiger partial charge in [-0.1, -0.05) is 12.5 Å². The van der Waals surface area contributed by atoms with E-state index in [0.29, 0.717) is 10.8 Å². The van der Waals surface area contributed by atoms with E-state index in [1.165, 1.54) is 25.0 Å².